The number of halogens is 1. The van der Waals surface area contributed by atoms with E-state index in [9.17, 15) is 0 Å². The van der Waals surface area contributed by atoms with Crippen molar-refractivity contribution in [3.8, 4) is 5.75 Å². The monoisotopic (exact) mass is 269 g/mol. The van der Waals surface area contributed by atoms with Crippen molar-refractivity contribution in [2.45, 2.75) is 46.1 Å². The molecule has 1 aromatic rings. The van der Waals surface area contributed by atoms with Crippen molar-refractivity contribution in [1.29, 1.82) is 0 Å². The molecule has 102 valence electrons. The van der Waals surface area contributed by atoms with Gasteiger partial charge in [-0.25, -0.2) is 0 Å². The predicted molar refractivity (Wildman–Crippen MR) is 78.7 cm³/mol. The SMILES string of the molecule is CCCNCC(CCC)Oc1cc(C)ccc1Cl. The van der Waals surface area contributed by atoms with Crippen LogP contribution in [0.15, 0.2) is 18.2 Å². The Kier molecular flexibility index (Phi) is 7.14. The molecule has 0 spiro atoms. The van der Waals surface area contributed by atoms with Crippen LogP contribution in [0.1, 0.15) is 38.7 Å². The maximum atomic E-state index is 6.16. The molecular formula is C15H24ClNO. The van der Waals surface area contributed by atoms with Gasteiger partial charge in [-0.15, -0.1) is 0 Å². The summed E-state index contributed by atoms with van der Waals surface area (Å²) in [6, 6.07) is 5.90. The average Bonchev–Trinajstić information content (AvgIpc) is 2.34. The van der Waals surface area contributed by atoms with Crippen LogP contribution in [0.5, 0.6) is 5.75 Å². The predicted octanol–water partition coefficient (Wildman–Crippen LogP) is 4.20. The highest BCUT2D eigenvalue weighted by Gasteiger charge is 2.11. The molecular weight excluding hydrogens is 246 g/mol. The lowest BCUT2D eigenvalue weighted by Crippen LogP contribution is -2.31. The molecule has 1 atom stereocenters. The zero-order valence-electron chi connectivity index (χ0n) is 11.6. The van der Waals surface area contributed by atoms with E-state index in [1.165, 1.54) is 5.56 Å². The maximum absolute atomic E-state index is 6.16. The first kappa shape index (κ1) is 15.3. The van der Waals surface area contributed by atoms with Gasteiger partial charge in [0.15, 0.2) is 0 Å². The molecule has 1 aromatic carbocycles. The summed E-state index contributed by atoms with van der Waals surface area (Å²) in [6.45, 7) is 8.30. The minimum Gasteiger partial charge on any atom is -0.488 e. The molecule has 18 heavy (non-hydrogen) atoms. The molecule has 2 nitrogen and oxygen atoms in total. The molecule has 3 heteroatoms. The Labute approximate surface area is 116 Å². The van der Waals surface area contributed by atoms with E-state index in [-0.39, 0.29) is 6.10 Å². The van der Waals surface area contributed by atoms with Crippen LogP contribution in [-0.2, 0) is 0 Å². The van der Waals surface area contributed by atoms with Gasteiger partial charge in [0.05, 0.1) is 5.02 Å². The van der Waals surface area contributed by atoms with Gasteiger partial charge in [-0.2, -0.15) is 0 Å². The van der Waals surface area contributed by atoms with Gasteiger partial charge in [-0.1, -0.05) is 37.9 Å². The molecule has 0 saturated heterocycles. The van der Waals surface area contributed by atoms with E-state index >= 15 is 0 Å². The Morgan fingerprint density at radius 3 is 2.72 bits per heavy atom. The van der Waals surface area contributed by atoms with Crippen molar-refractivity contribution in [3.05, 3.63) is 28.8 Å². The van der Waals surface area contributed by atoms with Crippen LogP contribution in [0.2, 0.25) is 5.02 Å². The van der Waals surface area contributed by atoms with Gasteiger partial charge < -0.3 is 10.1 Å². The zero-order valence-corrected chi connectivity index (χ0v) is 12.4. The second kappa shape index (κ2) is 8.39. The third-order valence-corrected chi connectivity index (χ3v) is 3.10. The fourth-order valence-electron chi connectivity index (χ4n) is 1.84. The molecule has 0 fully saturated rings. The molecule has 0 aliphatic rings. The second-order valence-electron chi connectivity index (χ2n) is 4.67. The van der Waals surface area contributed by atoms with Gasteiger partial charge in [-0.3, -0.25) is 0 Å². The van der Waals surface area contributed by atoms with E-state index in [0.29, 0.717) is 5.02 Å². The van der Waals surface area contributed by atoms with Crippen molar-refractivity contribution in [3.63, 3.8) is 0 Å². The number of ether oxygens (including phenoxy) is 1. The first-order valence-corrected chi connectivity index (χ1v) is 7.18. The van der Waals surface area contributed by atoms with Crippen LogP contribution in [0.25, 0.3) is 0 Å². The normalized spacial score (nSPS) is 12.4. The highest BCUT2D eigenvalue weighted by Crippen LogP contribution is 2.26. The van der Waals surface area contributed by atoms with Crippen molar-refractivity contribution in [2.24, 2.45) is 0 Å². The van der Waals surface area contributed by atoms with Crippen LogP contribution >= 0.6 is 11.6 Å². The van der Waals surface area contributed by atoms with Crippen molar-refractivity contribution < 1.29 is 4.74 Å². The Bertz CT molecular complexity index is 354. The molecule has 0 bridgehead atoms. The van der Waals surface area contributed by atoms with E-state index in [1.807, 2.05) is 25.1 Å². The molecule has 1 unspecified atom stereocenters. The average molecular weight is 270 g/mol. The van der Waals surface area contributed by atoms with Crippen LogP contribution in [-0.4, -0.2) is 19.2 Å². The van der Waals surface area contributed by atoms with E-state index in [4.69, 9.17) is 16.3 Å². The summed E-state index contributed by atoms with van der Waals surface area (Å²) in [7, 11) is 0. The fourth-order valence-corrected chi connectivity index (χ4v) is 2.01. The summed E-state index contributed by atoms with van der Waals surface area (Å²) in [5, 5.41) is 4.10. The molecule has 0 aromatic heterocycles. The quantitative estimate of drug-likeness (QED) is 0.715. The smallest absolute Gasteiger partial charge is 0.138 e. The lowest BCUT2D eigenvalue weighted by atomic mass is 10.2. The van der Waals surface area contributed by atoms with E-state index in [0.717, 1.165) is 38.1 Å². The van der Waals surface area contributed by atoms with Gasteiger partial charge in [0.25, 0.3) is 0 Å². The van der Waals surface area contributed by atoms with Gasteiger partial charge in [0.1, 0.15) is 11.9 Å². The minimum absolute atomic E-state index is 0.195. The Morgan fingerprint density at radius 1 is 1.28 bits per heavy atom. The number of benzene rings is 1. The lowest BCUT2D eigenvalue weighted by Gasteiger charge is -2.20. The van der Waals surface area contributed by atoms with Crippen LogP contribution < -0.4 is 10.1 Å². The summed E-state index contributed by atoms with van der Waals surface area (Å²) >= 11 is 6.16. The summed E-state index contributed by atoms with van der Waals surface area (Å²) < 4.78 is 6.02. The Balaban J connectivity index is 2.60. The largest absolute Gasteiger partial charge is 0.488 e. The molecule has 0 aliphatic carbocycles. The molecule has 0 aliphatic heterocycles. The summed E-state index contributed by atoms with van der Waals surface area (Å²) in [5.74, 6) is 0.799. The first-order valence-electron chi connectivity index (χ1n) is 6.80. The third kappa shape index (κ3) is 5.28. The fraction of sp³-hybridized carbons (Fsp3) is 0.600. The molecule has 0 radical (unpaired) electrons. The number of hydrogen-bond acceptors (Lipinski definition) is 2. The van der Waals surface area contributed by atoms with Crippen LogP contribution in [0.3, 0.4) is 0 Å². The van der Waals surface area contributed by atoms with Crippen molar-refractivity contribution >= 4 is 11.6 Å². The lowest BCUT2D eigenvalue weighted by molar-refractivity contribution is 0.186. The third-order valence-electron chi connectivity index (χ3n) is 2.79. The Morgan fingerprint density at radius 2 is 2.06 bits per heavy atom. The number of nitrogens with one attached hydrogen (secondary N) is 1. The van der Waals surface area contributed by atoms with Crippen molar-refractivity contribution in [1.82, 2.24) is 5.32 Å². The zero-order chi connectivity index (χ0) is 13.4. The molecule has 0 heterocycles. The topological polar surface area (TPSA) is 21.3 Å². The molecule has 1 N–H and O–H groups in total. The highest BCUT2D eigenvalue weighted by molar-refractivity contribution is 6.32. The van der Waals surface area contributed by atoms with E-state index in [1.54, 1.807) is 0 Å². The van der Waals surface area contributed by atoms with Crippen molar-refractivity contribution in [2.75, 3.05) is 13.1 Å². The minimum atomic E-state index is 0.195. The maximum Gasteiger partial charge on any atom is 0.138 e. The summed E-state index contributed by atoms with van der Waals surface area (Å²) in [4.78, 5) is 0. The summed E-state index contributed by atoms with van der Waals surface area (Å²) in [6.07, 6.45) is 3.49. The van der Waals surface area contributed by atoms with Crippen LogP contribution in [0, 0.1) is 6.92 Å². The number of hydrogen-bond donors (Lipinski definition) is 1. The van der Waals surface area contributed by atoms with Crippen LogP contribution in [0.4, 0.5) is 0 Å². The standard InChI is InChI=1S/C15H24ClNO/c1-4-6-13(11-17-9-5-2)18-15-10-12(3)7-8-14(15)16/h7-8,10,13,17H,4-6,9,11H2,1-3H3. The second-order valence-corrected chi connectivity index (χ2v) is 5.07. The van der Waals surface area contributed by atoms with E-state index < -0.39 is 0 Å². The highest BCUT2D eigenvalue weighted by atomic mass is 35.5. The number of aryl methyl sites for hydroxylation is 1. The summed E-state index contributed by atoms with van der Waals surface area (Å²) in [5.41, 5.74) is 1.17. The van der Waals surface area contributed by atoms with Gasteiger partial charge in [0, 0.05) is 6.54 Å². The van der Waals surface area contributed by atoms with E-state index in [2.05, 4.69) is 19.2 Å². The number of rotatable bonds is 8. The van der Waals surface area contributed by atoms with Gasteiger partial charge in [0.2, 0.25) is 0 Å². The van der Waals surface area contributed by atoms with Gasteiger partial charge in [-0.05, 0) is 44.0 Å². The molecule has 0 saturated carbocycles. The molecule has 0 amide bonds. The first-order chi connectivity index (χ1) is 8.67. The van der Waals surface area contributed by atoms with Gasteiger partial charge >= 0.3 is 0 Å². The Hall–Kier alpha value is -0.730. The molecule has 1 rings (SSSR count).